The molecule has 0 saturated carbocycles. The number of carbonyl (C=O) groups excluding carboxylic acids is 2. The molecular formula is C33H37N3O5. The first-order valence-corrected chi connectivity index (χ1v) is 14.4. The Morgan fingerprint density at radius 3 is 2.56 bits per heavy atom. The number of hydrogen-bond acceptors (Lipinski definition) is 6. The average molecular weight is 556 g/mol. The lowest BCUT2D eigenvalue weighted by Crippen LogP contribution is -2.49. The lowest BCUT2D eigenvalue weighted by molar-refractivity contribution is -0.139. The molecule has 1 N–H and O–H groups in total. The van der Waals surface area contributed by atoms with Crippen molar-refractivity contribution in [3.8, 4) is 0 Å². The zero-order chi connectivity index (χ0) is 28.8. The van der Waals surface area contributed by atoms with Crippen LogP contribution in [0, 0.1) is 5.92 Å². The summed E-state index contributed by atoms with van der Waals surface area (Å²) in [5.74, 6) is -0.0502. The third-order valence-electron chi connectivity index (χ3n) is 7.92. The number of allylic oxidation sites excluding steroid dienone is 2. The number of urea groups is 1. The van der Waals surface area contributed by atoms with E-state index < -0.39 is 12.0 Å². The SMILES string of the molecule is CCOC(=O)C1=C(C)N(CC/C=C/C2CCN(Cc3ccccc3)CC2)C(=O)NC1c1coc2ccccc2c1=O. The quantitative estimate of drug-likeness (QED) is 0.275. The van der Waals surface area contributed by atoms with E-state index in [1.54, 1.807) is 43.0 Å². The van der Waals surface area contributed by atoms with Gasteiger partial charge in [-0.05, 0) is 69.8 Å². The van der Waals surface area contributed by atoms with Crippen LogP contribution < -0.4 is 10.7 Å². The second kappa shape index (κ2) is 13.0. The normalized spacial score (nSPS) is 18.7. The molecule has 5 rings (SSSR count). The van der Waals surface area contributed by atoms with Gasteiger partial charge in [-0.2, -0.15) is 0 Å². The van der Waals surface area contributed by atoms with E-state index in [4.69, 9.17) is 9.15 Å². The van der Waals surface area contributed by atoms with Crippen LogP contribution in [0.15, 0.2) is 93.5 Å². The molecule has 8 nitrogen and oxygen atoms in total. The fourth-order valence-electron chi connectivity index (χ4n) is 5.69. The highest BCUT2D eigenvalue weighted by Gasteiger charge is 2.38. The van der Waals surface area contributed by atoms with Gasteiger partial charge in [0.2, 0.25) is 0 Å². The van der Waals surface area contributed by atoms with Crippen molar-refractivity contribution in [2.75, 3.05) is 26.2 Å². The number of amides is 2. The number of ether oxygens (including phenoxy) is 1. The number of likely N-dealkylation sites (tertiary alicyclic amines) is 1. The van der Waals surface area contributed by atoms with Crippen LogP contribution in [-0.4, -0.2) is 48.0 Å². The van der Waals surface area contributed by atoms with E-state index in [9.17, 15) is 14.4 Å². The summed E-state index contributed by atoms with van der Waals surface area (Å²) in [7, 11) is 0. The first-order chi connectivity index (χ1) is 20.0. The summed E-state index contributed by atoms with van der Waals surface area (Å²) in [5.41, 5.74) is 2.40. The van der Waals surface area contributed by atoms with Gasteiger partial charge >= 0.3 is 12.0 Å². The zero-order valence-electron chi connectivity index (χ0n) is 23.7. The Balaban J connectivity index is 1.26. The summed E-state index contributed by atoms with van der Waals surface area (Å²) in [6.45, 7) is 7.15. The van der Waals surface area contributed by atoms with Crippen LogP contribution in [0.3, 0.4) is 0 Å². The first kappa shape index (κ1) is 28.4. The molecule has 2 aromatic carbocycles. The zero-order valence-corrected chi connectivity index (χ0v) is 23.7. The summed E-state index contributed by atoms with van der Waals surface area (Å²) in [4.78, 5) is 43.7. The van der Waals surface area contributed by atoms with Crippen LogP contribution in [0.4, 0.5) is 4.79 Å². The van der Waals surface area contributed by atoms with Gasteiger partial charge in [-0.25, -0.2) is 9.59 Å². The van der Waals surface area contributed by atoms with Crippen LogP contribution in [0.2, 0.25) is 0 Å². The highest BCUT2D eigenvalue weighted by molar-refractivity contribution is 5.95. The minimum absolute atomic E-state index is 0.176. The van der Waals surface area contributed by atoms with E-state index in [0.29, 0.717) is 35.5 Å². The van der Waals surface area contributed by atoms with Crippen molar-refractivity contribution in [3.63, 3.8) is 0 Å². The third kappa shape index (κ3) is 6.43. The minimum Gasteiger partial charge on any atom is -0.464 e. The number of piperidine rings is 1. The molecule has 214 valence electrons. The van der Waals surface area contributed by atoms with Crippen molar-refractivity contribution in [3.05, 3.63) is 106 Å². The van der Waals surface area contributed by atoms with Crippen LogP contribution in [0.5, 0.6) is 0 Å². The van der Waals surface area contributed by atoms with Crippen LogP contribution in [-0.2, 0) is 16.1 Å². The molecule has 3 aromatic rings. The van der Waals surface area contributed by atoms with Crippen molar-refractivity contribution in [1.29, 1.82) is 0 Å². The van der Waals surface area contributed by atoms with E-state index in [0.717, 1.165) is 32.5 Å². The van der Waals surface area contributed by atoms with Crippen molar-refractivity contribution in [1.82, 2.24) is 15.1 Å². The highest BCUT2D eigenvalue weighted by atomic mass is 16.5. The van der Waals surface area contributed by atoms with Crippen molar-refractivity contribution in [2.24, 2.45) is 5.92 Å². The van der Waals surface area contributed by atoms with Crippen molar-refractivity contribution < 1.29 is 18.7 Å². The molecule has 0 radical (unpaired) electrons. The molecule has 2 aliphatic heterocycles. The average Bonchev–Trinajstić information content (AvgIpc) is 2.98. The number of carbonyl (C=O) groups is 2. The van der Waals surface area contributed by atoms with Crippen molar-refractivity contribution >= 4 is 23.0 Å². The Kier molecular flexibility index (Phi) is 8.99. The summed E-state index contributed by atoms with van der Waals surface area (Å²) in [6, 6.07) is 16.1. The first-order valence-electron chi connectivity index (χ1n) is 14.4. The predicted octanol–water partition coefficient (Wildman–Crippen LogP) is 5.55. The molecule has 1 saturated heterocycles. The topological polar surface area (TPSA) is 92.1 Å². The molecule has 2 aliphatic rings. The fraction of sp³-hybridized carbons (Fsp3) is 0.364. The summed E-state index contributed by atoms with van der Waals surface area (Å²) in [5, 5.41) is 3.25. The largest absolute Gasteiger partial charge is 0.464 e. The highest BCUT2D eigenvalue weighted by Crippen LogP contribution is 2.31. The lowest BCUT2D eigenvalue weighted by Gasteiger charge is -2.35. The summed E-state index contributed by atoms with van der Waals surface area (Å²) in [6.07, 6.45) is 8.58. The maximum Gasteiger partial charge on any atom is 0.338 e. The molecule has 3 heterocycles. The molecule has 8 heteroatoms. The van der Waals surface area contributed by atoms with Gasteiger partial charge < -0.3 is 14.5 Å². The Hall–Kier alpha value is -4.17. The van der Waals surface area contributed by atoms with Gasteiger partial charge in [0.1, 0.15) is 11.8 Å². The van der Waals surface area contributed by atoms with Gasteiger partial charge in [0.15, 0.2) is 5.43 Å². The smallest absolute Gasteiger partial charge is 0.338 e. The van der Waals surface area contributed by atoms with E-state index in [1.165, 1.54) is 11.8 Å². The number of hydrogen-bond donors (Lipinski definition) is 1. The summed E-state index contributed by atoms with van der Waals surface area (Å²) >= 11 is 0. The van der Waals surface area contributed by atoms with Gasteiger partial charge in [-0.3, -0.25) is 14.6 Å². The van der Waals surface area contributed by atoms with Crippen LogP contribution in [0.25, 0.3) is 11.0 Å². The van der Waals surface area contributed by atoms with Gasteiger partial charge in [-0.1, -0.05) is 54.6 Å². The summed E-state index contributed by atoms with van der Waals surface area (Å²) < 4.78 is 11.0. The predicted molar refractivity (Wildman–Crippen MR) is 158 cm³/mol. The number of rotatable bonds is 9. The molecule has 1 unspecified atom stereocenters. The molecule has 1 aromatic heterocycles. The third-order valence-corrected chi connectivity index (χ3v) is 7.92. The van der Waals surface area contributed by atoms with Gasteiger partial charge in [0, 0.05) is 18.8 Å². The number of para-hydroxylation sites is 1. The monoisotopic (exact) mass is 555 g/mol. The molecule has 0 spiro atoms. The lowest BCUT2D eigenvalue weighted by atomic mass is 9.94. The van der Waals surface area contributed by atoms with Crippen LogP contribution >= 0.6 is 0 Å². The Morgan fingerprint density at radius 1 is 1.07 bits per heavy atom. The van der Waals surface area contributed by atoms with Gasteiger partial charge in [-0.15, -0.1) is 0 Å². The molecule has 1 atom stereocenters. The van der Waals surface area contributed by atoms with E-state index >= 15 is 0 Å². The second-order valence-electron chi connectivity index (χ2n) is 10.6. The fourth-order valence-corrected chi connectivity index (χ4v) is 5.69. The Morgan fingerprint density at radius 2 is 1.80 bits per heavy atom. The number of benzene rings is 2. The van der Waals surface area contributed by atoms with E-state index in [2.05, 4.69) is 46.6 Å². The molecule has 0 bridgehead atoms. The molecule has 0 aliphatic carbocycles. The molecule has 41 heavy (non-hydrogen) atoms. The number of nitrogens with zero attached hydrogens (tertiary/aromatic N) is 2. The van der Waals surface area contributed by atoms with Crippen molar-refractivity contribution in [2.45, 2.75) is 45.7 Å². The molecule has 1 fully saturated rings. The maximum atomic E-state index is 13.3. The van der Waals surface area contributed by atoms with E-state index in [1.807, 2.05) is 6.07 Å². The Labute approximate surface area is 240 Å². The van der Waals surface area contributed by atoms with Gasteiger partial charge in [0.25, 0.3) is 0 Å². The van der Waals surface area contributed by atoms with Crippen LogP contribution in [0.1, 0.15) is 50.3 Å². The molecular weight excluding hydrogens is 518 g/mol. The Bertz CT molecular complexity index is 1500. The standard InChI is InChI=1S/C33H37N3O5/c1-3-40-32(38)29-23(2)36(33(39)34-30(29)27-22-41-28-15-8-7-14-26(28)31(27)37)18-10-9-11-24-16-19-35(20-17-24)21-25-12-5-4-6-13-25/h4-9,11-15,22,24,30H,3,10,16-21H2,1-2H3,(H,34,39)/b11-9+. The second-order valence-corrected chi connectivity index (χ2v) is 10.6. The van der Waals surface area contributed by atoms with Gasteiger partial charge in [0.05, 0.1) is 29.2 Å². The minimum atomic E-state index is -0.963. The maximum absolute atomic E-state index is 13.3. The number of fused-ring (bicyclic) bond motifs is 1. The molecule has 2 amide bonds. The number of esters is 1. The van der Waals surface area contributed by atoms with E-state index in [-0.39, 0.29) is 29.2 Å². The number of nitrogens with one attached hydrogen (secondary N) is 1.